The summed E-state index contributed by atoms with van der Waals surface area (Å²) < 4.78 is 8.17. The van der Waals surface area contributed by atoms with Gasteiger partial charge < -0.3 is 4.74 Å². The molecule has 2 fully saturated rings. The lowest BCUT2D eigenvalue weighted by Crippen LogP contribution is -2.54. The van der Waals surface area contributed by atoms with Crippen molar-refractivity contribution < 1.29 is 4.74 Å². The number of halogens is 1. The van der Waals surface area contributed by atoms with Gasteiger partial charge in [-0.2, -0.15) is 0 Å². The van der Waals surface area contributed by atoms with Crippen LogP contribution in [0.3, 0.4) is 0 Å². The molecule has 0 radical (unpaired) electrons. The van der Waals surface area contributed by atoms with E-state index in [2.05, 4.69) is 44.7 Å². The molecule has 2 rings (SSSR count). The molecule has 1 saturated carbocycles. The highest BCUT2D eigenvalue weighted by molar-refractivity contribution is 14.1. The largest absolute Gasteiger partial charge is 0.375 e. The van der Waals surface area contributed by atoms with E-state index in [1.165, 1.54) is 39.0 Å². The minimum absolute atomic E-state index is 0.391. The van der Waals surface area contributed by atoms with Gasteiger partial charge >= 0.3 is 0 Å². The molecule has 0 atom stereocenters. The maximum atomic E-state index is 5.79. The molecule has 0 aromatic rings. The van der Waals surface area contributed by atoms with Crippen LogP contribution in [0.25, 0.3) is 0 Å². The minimum atomic E-state index is 0.391. The molecule has 0 aromatic carbocycles. The molecule has 0 spiro atoms. The van der Waals surface area contributed by atoms with E-state index in [9.17, 15) is 0 Å². The molecule has 4 heteroatoms. The molecule has 2 aliphatic rings. The summed E-state index contributed by atoms with van der Waals surface area (Å²) in [6.07, 6.45) is 3.42. The second kappa shape index (κ2) is 5.29. The Morgan fingerprint density at radius 2 is 1.73 bits per heavy atom. The van der Waals surface area contributed by atoms with Gasteiger partial charge in [0.15, 0.2) is 0 Å². The molecular weight excluding hydrogens is 303 g/mol. The number of ether oxygens (including phenoxy) is 1. The normalized spacial score (nSPS) is 34.4. The van der Waals surface area contributed by atoms with Gasteiger partial charge in [-0.15, -0.1) is 0 Å². The minimum Gasteiger partial charge on any atom is -0.375 e. The standard InChI is InChI=1S/C11H21IN2O/c1-9(2)15-11-7-10(8-11)13-3-5-14(12)6-4-13/h9-11H,3-8H2,1-2H3. The van der Waals surface area contributed by atoms with Crippen LogP contribution in [-0.2, 0) is 4.74 Å². The maximum Gasteiger partial charge on any atom is 0.0608 e. The van der Waals surface area contributed by atoms with Crippen LogP contribution in [-0.4, -0.2) is 52.4 Å². The maximum absolute atomic E-state index is 5.79. The first-order valence-corrected chi connectivity index (χ1v) is 6.92. The van der Waals surface area contributed by atoms with Crippen molar-refractivity contribution in [2.75, 3.05) is 26.2 Å². The van der Waals surface area contributed by atoms with Gasteiger partial charge in [0, 0.05) is 55.1 Å². The quantitative estimate of drug-likeness (QED) is 0.583. The molecule has 0 unspecified atom stereocenters. The molecule has 3 nitrogen and oxygen atoms in total. The average Bonchev–Trinajstić information content (AvgIpc) is 2.12. The lowest BCUT2D eigenvalue weighted by atomic mass is 9.87. The number of rotatable bonds is 3. The smallest absolute Gasteiger partial charge is 0.0608 e. The third-order valence-electron chi connectivity index (χ3n) is 3.31. The number of hydrogen-bond donors (Lipinski definition) is 0. The third kappa shape index (κ3) is 3.28. The topological polar surface area (TPSA) is 15.7 Å². The zero-order chi connectivity index (χ0) is 10.8. The van der Waals surface area contributed by atoms with Gasteiger partial charge in [-0.3, -0.25) is 4.90 Å². The molecule has 1 aliphatic carbocycles. The van der Waals surface area contributed by atoms with E-state index < -0.39 is 0 Å². The van der Waals surface area contributed by atoms with Crippen molar-refractivity contribution in [3.8, 4) is 0 Å². The molecule has 0 aromatic heterocycles. The van der Waals surface area contributed by atoms with Gasteiger partial charge in [0.1, 0.15) is 0 Å². The van der Waals surface area contributed by atoms with Crippen LogP contribution in [0.2, 0.25) is 0 Å². The Hall–Kier alpha value is 0.610. The lowest BCUT2D eigenvalue weighted by molar-refractivity contribution is -0.0798. The van der Waals surface area contributed by atoms with E-state index in [-0.39, 0.29) is 0 Å². The predicted molar refractivity (Wildman–Crippen MR) is 70.2 cm³/mol. The van der Waals surface area contributed by atoms with Gasteiger partial charge in [-0.05, 0) is 26.7 Å². The Morgan fingerprint density at radius 3 is 2.27 bits per heavy atom. The van der Waals surface area contributed by atoms with Crippen molar-refractivity contribution in [1.29, 1.82) is 0 Å². The SMILES string of the molecule is CC(C)OC1CC(N2CCN(I)CC2)C1. The fourth-order valence-corrected chi connectivity index (χ4v) is 2.83. The molecule has 0 bridgehead atoms. The van der Waals surface area contributed by atoms with E-state index in [4.69, 9.17) is 4.74 Å². The second-order valence-electron chi connectivity index (χ2n) is 4.88. The van der Waals surface area contributed by atoms with Crippen LogP contribution < -0.4 is 0 Å². The summed E-state index contributed by atoms with van der Waals surface area (Å²) in [6, 6.07) is 0.804. The fraction of sp³-hybridized carbons (Fsp3) is 1.00. The highest BCUT2D eigenvalue weighted by Gasteiger charge is 2.35. The van der Waals surface area contributed by atoms with Crippen LogP contribution in [0, 0.1) is 0 Å². The van der Waals surface area contributed by atoms with E-state index in [1.54, 1.807) is 0 Å². The summed E-state index contributed by atoms with van der Waals surface area (Å²) in [5, 5.41) is 0. The van der Waals surface area contributed by atoms with Gasteiger partial charge in [0.05, 0.1) is 12.2 Å². The molecular formula is C11H21IN2O. The molecule has 1 heterocycles. The molecule has 88 valence electrons. The Morgan fingerprint density at radius 1 is 1.13 bits per heavy atom. The van der Waals surface area contributed by atoms with Crippen LogP contribution in [0.5, 0.6) is 0 Å². The first kappa shape index (κ1) is 12.1. The second-order valence-corrected chi connectivity index (χ2v) is 6.24. The van der Waals surface area contributed by atoms with Gasteiger partial charge in [0.25, 0.3) is 0 Å². The molecule has 0 N–H and O–H groups in total. The Balaban J connectivity index is 1.66. The first-order chi connectivity index (χ1) is 7.15. The Labute approximate surface area is 107 Å². The monoisotopic (exact) mass is 324 g/mol. The predicted octanol–water partition coefficient (Wildman–Crippen LogP) is 1.91. The zero-order valence-electron chi connectivity index (χ0n) is 9.66. The Bertz CT molecular complexity index is 199. The third-order valence-corrected chi connectivity index (χ3v) is 4.28. The zero-order valence-corrected chi connectivity index (χ0v) is 11.8. The van der Waals surface area contributed by atoms with Crippen molar-refractivity contribution in [2.45, 2.75) is 44.9 Å². The molecule has 15 heavy (non-hydrogen) atoms. The Kier molecular flexibility index (Phi) is 4.26. The van der Waals surface area contributed by atoms with Crippen molar-refractivity contribution in [1.82, 2.24) is 8.01 Å². The summed E-state index contributed by atoms with van der Waals surface area (Å²) in [5.41, 5.74) is 0. The van der Waals surface area contributed by atoms with Gasteiger partial charge in [-0.1, -0.05) is 0 Å². The molecule has 0 amide bonds. The lowest BCUT2D eigenvalue weighted by Gasteiger charge is -2.45. The van der Waals surface area contributed by atoms with Crippen molar-refractivity contribution in [2.24, 2.45) is 0 Å². The summed E-state index contributed by atoms with van der Waals surface area (Å²) in [4.78, 5) is 2.63. The first-order valence-electron chi connectivity index (χ1n) is 5.95. The molecule has 1 saturated heterocycles. The number of nitrogens with zero attached hydrogens (tertiary/aromatic N) is 2. The summed E-state index contributed by atoms with van der Waals surface area (Å²) in [6.45, 7) is 9.16. The van der Waals surface area contributed by atoms with Gasteiger partial charge in [-0.25, -0.2) is 3.11 Å². The highest BCUT2D eigenvalue weighted by atomic mass is 127. The van der Waals surface area contributed by atoms with Gasteiger partial charge in [0.2, 0.25) is 0 Å². The fourth-order valence-electron chi connectivity index (χ4n) is 2.39. The average molecular weight is 324 g/mol. The summed E-state index contributed by atoms with van der Waals surface area (Å²) in [5.74, 6) is 0. The van der Waals surface area contributed by atoms with Crippen LogP contribution in [0.4, 0.5) is 0 Å². The van der Waals surface area contributed by atoms with Crippen LogP contribution >= 0.6 is 22.9 Å². The van der Waals surface area contributed by atoms with E-state index >= 15 is 0 Å². The molecule has 1 aliphatic heterocycles. The summed E-state index contributed by atoms with van der Waals surface area (Å²) in [7, 11) is 0. The number of piperazine rings is 1. The van der Waals surface area contributed by atoms with E-state index in [0.717, 1.165) is 6.04 Å². The highest BCUT2D eigenvalue weighted by Crippen LogP contribution is 2.30. The van der Waals surface area contributed by atoms with E-state index in [0.29, 0.717) is 12.2 Å². The summed E-state index contributed by atoms with van der Waals surface area (Å²) >= 11 is 2.42. The van der Waals surface area contributed by atoms with Crippen LogP contribution in [0.1, 0.15) is 26.7 Å². The van der Waals surface area contributed by atoms with Crippen LogP contribution in [0.15, 0.2) is 0 Å². The van der Waals surface area contributed by atoms with E-state index in [1.807, 2.05) is 0 Å². The van der Waals surface area contributed by atoms with Crippen molar-refractivity contribution >= 4 is 22.9 Å². The van der Waals surface area contributed by atoms with Crippen molar-refractivity contribution in [3.63, 3.8) is 0 Å². The van der Waals surface area contributed by atoms with Crippen molar-refractivity contribution in [3.05, 3.63) is 0 Å². The number of hydrogen-bond acceptors (Lipinski definition) is 3.